The van der Waals surface area contributed by atoms with Crippen LogP contribution in [-0.2, 0) is 13.0 Å². The molecule has 2 fully saturated rings. The third kappa shape index (κ3) is 4.87. The van der Waals surface area contributed by atoms with E-state index in [0.29, 0.717) is 5.41 Å². The molecule has 5 rings (SSSR count). The van der Waals surface area contributed by atoms with Crippen LogP contribution in [0.4, 0.5) is 0 Å². The first-order valence-corrected chi connectivity index (χ1v) is 14.5. The fraction of sp³-hybridized carbons (Fsp3) is 0.464. The summed E-state index contributed by atoms with van der Waals surface area (Å²) >= 11 is -0.0698. The fourth-order valence-corrected chi connectivity index (χ4v) is 6.38. The molecule has 1 aliphatic heterocycles. The van der Waals surface area contributed by atoms with Crippen LogP contribution in [0.3, 0.4) is 0 Å². The maximum Gasteiger partial charge on any atom is 0.0485 e. The Morgan fingerprint density at radius 1 is 1.06 bits per heavy atom. The molecule has 1 saturated carbocycles. The Morgan fingerprint density at radius 2 is 1.75 bits per heavy atom. The van der Waals surface area contributed by atoms with E-state index in [1.165, 1.54) is 77.2 Å². The minimum absolute atomic E-state index is 0.0698. The summed E-state index contributed by atoms with van der Waals surface area (Å²) in [5.74, 6) is 0.788. The average Bonchev–Trinajstić information content (AvgIpc) is 3.04. The summed E-state index contributed by atoms with van der Waals surface area (Å²) in [5, 5.41) is 1.43. The van der Waals surface area contributed by atoms with Crippen molar-refractivity contribution in [3.8, 4) is 0 Å². The third-order valence-corrected chi connectivity index (χ3v) is 9.05. The second-order valence-corrected chi connectivity index (χ2v) is 11.9. The molecule has 0 spiro atoms. The van der Waals surface area contributed by atoms with Crippen LogP contribution in [0.25, 0.3) is 10.9 Å². The fourth-order valence-electron chi connectivity index (χ4n) is 5.51. The van der Waals surface area contributed by atoms with E-state index in [1.54, 1.807) is 0 Å². The van der Waals surface area contributed by atoms with Crippen LogP contribution < -0.4 is 5.73 Å². The third-order valence-electron chi connectivity index (χ3n) is 7.45. The highest BCUT2D eigenvalue weighted by molar-refractivity contribution is 14.2. The first kappa shape index (κ1) is 23.7. The zero-order valence-corrected chi connectivity index (χ0v) is 22.1. The second kappa shape index (κ2) is 10.2. The SMILES string of the molecule is C=Ic1ccc(Cc2c(C)n(CC3CN(CC4(C)CCC4)C3)c3ccccc23)cc1.CN. The Morgan fingerprint density at radius 3 is 2.38 bits per heavy atom. The van der Waals surface area contributed by atoms with Crippen molar-refractivity contribution >= 4 is 36.1 Å². The lowest BCUT2D eigenvalue weighted by atomic mass is 9.69. The standard InChI is InChI=1S/C27H33IN2.CH5N/c1-20-25(15-21-9-11-23(28-3)12-10-21)24-7-4-5-8-26(24)30(20)18-22-16-29(17-22)19-27(2)13-6-14-27;1-2/h4-5,7-12,22H,3,6,13-19H2,1-2H3;2H2,1H3. The van der Waals surface area contributed by atoms with Crippen LogP contribution in [0, 0.1) is 21.8 Å². The van der Waals surface area contributed by atoms with Gasteiger partial charge in [0.1, 0.15) is 0 Å². The van der Waals surface area contributed by atoms with Crippen LogP contribution in [0.5, 0.6) is 0 Å². The number of fused-ring (bicyclic) bond motifs is 1. The Balaban J connectivity index is 0.00000119. The molecule has 3 aromatic rings. The van der Waals surface area contributed by atoms with Crippen molar-refractivity contribution in [2.75, 3.05) is 26.7 Å². The smallest absolute Gasteiger partial charge is 0.0485 e. The van der Waals surface area contributed by atoms with E-state index < -0.39 is 0 Å². The van der Waals surface area contributed by atoms with E-state index in [2.05, 4.69) is 82.1 Å². The van der Waals surface area contributed by atoms with Gasteiger partial charge in [0.25, 0.3) is 0 Å². The normalized spacial score (nSPS) is 18.0. The van der Waals surface area contributed by atoms with Crippen molar-refractivity contribution in [3.05, 3.63) is 68.9 Å². The van der Waals surface area contributed by atoms with Crippen LogP contribution in [-0.4, -0.2) is 40.7 Å². The molecule has 32 heavy (non-hydrogen) atoms. The monoisotopic (exact) mass is 543 g/mol. The van der Waals surface area contributed by atoms with Gasteiger partial charge in [-0.3, -0.25) is 0 Å². The Labute approximate surface area is 203 Å². The number of para-hydroxylation sites is 1. The van der Waals surface area contributed by atoms with Crippen molar-refractivity contribution in [3.63, 3.8) is 0 Å². The minimum atomic E-state index is -0.0698. The molecule has 0 bridgehead atoms. The molecular formula is C28H38IN3. The van der Waals surface area contributed by atoms with Gasteiger partial charge in [-0.25, -0.2) is 0 Å². The van der Waals surface area contributed by atoms with Gasteiger partial charge >= 0.3 is 0 Å². The second-order valence-electron chi connectivity index (χ2n) is 9.85. The van der Waals surface area contributed by atoms with Crippen molar-refractivity contribution in [1.82, 2.24) is 9.47 Å². The lowest BCUT2D eigenvalue weighted by molar-refractivity contribution is 0.0120. The summed E-state index contributed by atoms with van der Waals surface area (Å²) < 4.78 is 8.13. The van der Waals surface area contributed by atoms with Crippen molar-refractivity contribution in [1.29, 1.82) is 0 Å². The van der Waals surface area contributed by atoms with Crippen LogP contribution in [0.1, 0.15) is 43.0 Å². The van der Waals surface area contributed by atoms with Crippen molar-refractivity contribution in [2.45, 2.75) is 46.1 Å². The number of rotatable bonds is 7. The summed E-state index contributed by atoms with van der Waals surface area (Å²) in [6, 6.07) is 18.2. The highest BCUT2D eigenvalue weighted by Crippen LogP contribution is 2.42. The van der Waals surface area contributed by atoms with E-state index in [-0.39, 0.29) is 20.7 Å². The molecule has 2 heterocycles. The predicted molar refractivity (Wildman–Crippen MR) is 148 cm³/mol. The van der Waals surface area contributed by atoms with Gasteiger partial charge in [0.2, 0.25) is 0 Å². The maximum absolute atomic E-state index is 4.50. The summed E-state index contributed by atoms with van der Waals surface area (Å²) in [7, 11) is 1.50. The lowest BCUT2D eigenvalue weighted by Crippen LogP contribution is -2.53. The highest BCUT2D eigenvalue weighted by atomic mass is 127. The molecule has 0 unspecified atom stereocenters. The quantitative estimate of drug-likeness (QED) is 0.382. The predicted octanol–water partition coefficient (Wildman–Crippen LogP) is 5.81. The molecule has 2 aromatic carbocycles. The molecule has 4 heteroatoms. The zero-order valence-electron chi connectivity index (χ0n) is 19.9. The zero-order chi connectivity index (χ0) is 22.7. The molecule has 1 aliphatic carbocycles. The van der Waals surface area contributed by atoms with E-state index in [1.807, 2.05) is 0 Å². The molecule has 0 amide bonds. The minimum Gasteiger partial charge on any atom is -0.344 e. The van der Waals surface area contributed by atoms with Gasteiger partial charge in [0.15, 0.2) is 0 Å². The molecule has 3 nitrogen and oxygen atoms in total. The number of halogens is 1. The summed E-state index contributed by atoms with van der Waals surface area (Å²) in [6.07, 6.45) is 5.31. The first-order valence-electron chi connectivity index (χ1n) is 11.9. The number of nitrogens with zero attached hydrogens (tertiary/aromatic N) is 2. The molecule has 172 valence electrons. The summed E-state index contributed by atoms with van der Waals surface area (Å²) in [4.78, 5) is 2.69. The van der Waals surface area contributed by atoms with E-state index in [0.717, 1.165) is 18.9 Å². The number of likely N-dealkylation sites (tertiary alicyclic amines) is 1. The molecule has 0 atom stereocenters. The Kier molecular flexibility index (Phi) is 7.53. The maximum atomic E-state index is 4.50. The highest BCUT2D eigenvalue weighted by Gasteiger charge is 2.37. The van der Waals surface area contributed by atoms with Crippen LogP contribution in [0.15, 0.2) is 48.5 Å². The van der Waals surface area contributed by atoms with Gasteiger partial charge in [-0.2, -0.15) is 0 Å². The number of aromatic nitrogens is 1. The van der Waals surface area contributed by atoms with Gasteiger partial charge in [-0.05, 0) is 68.0 Å². The molecule has 1 aromatic heterocycles. The molecule has 0 radical (unpaired) electrons. The first-order chi connectivity index (χ1) is 15.5. The van der Waals surface area contributed by atoms with E-state index >= 15 is 0 Å². The van der Waals surface area contributed by atoms with Gasteiger partial charge < -0.3 is 15.2 Å². The van der Waals surface area contributed by atoms with Gasteiger partial charge in [-0.15, -0.1) is 0 Å². The number of hydrogen-bond donors (Lipinski definition) is 1. The van der Waals surface area contributed by atoms with Crippen LogP contribution in [0.2, 0.25) is 0 Å². The van der Waals surface area contributed by atoms with Crippen molar-refractivity contribution in [2.24, 2.45) is 17.1 Å². The Hall–Kier alpha value is -1.50. The largest absolute Gasteiger partial charge is 0.344 e. The number of benzene rings is 2. The van der Waals surface area contributed by atoms with Gasteiger partial charge in [0.05, 0.1) is 0 Å². The number of hydrogen-bond acceptors (Lipinski definition) is 2. The molecular weight excluding hydrogens is 505 g/mol. The van der Waals surface area contributed by atoms with Gasteiger partial charge in [-0.1, -0.05) is 68.9 Å². The van der Waals surface area contributed by atoms with E-state index in [4.69, 9.17) is 0 Å². The topological polar surface area (TPSA) is 34.2 Å². The van der Waals surface area contributed by atoms with Crippen molar-refractivity contribution < 1.29 is 0 Å². The Bertz CT molecular complexity index is 1060. The number of nitrogens with two attached hydrogens (primary N) is 1. The summed E-state index contributed by atoms with van der Waals surface area (Å²) in [6.45, 7) is 9.82. The average molecular weight is 544 g/mol. The molecule has 2 aliphatic rings. The van der Waals surface area contributed by atoms with Crippen LogP contribution >= 0.6 is 20.7 Å². The summed E-state index contributed by atoms with van der Waals surface area (Å²) in [5.41, 5.74) is 10.9. The van der Waals surface area contributed by atoms with Gasteiger partial charge in [0, 0.05) is 52.3 Å². The van der Waals surface area contributed by atoms with E-state index in [9.17, 15) is 0 Å². The lowest BCUT2D eigenvalue weighted by Gasteiger charge is -2.48. The molecule has 2 N–H and O–H groups in total. The molecule has 1 saturated heterocycles.